The third-order valence-corrected chi connectivity index (χ3v) is 6.18. The lowest BCUT2D eigenvalue weighted by atomic mass is 10.2. The summed E-state index contributed by atoms with van der Waals surface area (Å²) in [6.07, 6.45) is 1.56. The van der Waals surface area contributed by atoms with E-state index in [9.17, 15) is 4.79 Å². The van der Waals surface area contributed by atoms with Gasteiger partial charge in [-0.3, -0.25) is 4.79 Å². The second-order valence-corrected chi connectivity index (χ2v) is 9.46. The molecule has 0 spiro atoms. The molecule has 0 aliphatic carbocycles. The Kier molecular flexibility index (Phi) is 9.01. The van der Waals surface area contributed by atoms with E-state index >= 15 is 0 Å². The SMILES string of the molecule is O=C(N/N=C/c1ccccc1OCc1cccc(Br)c1)c1ccc(OCc2ccc(Cl)cc2Cl)cc1. The molecule has 0 unspecified atom stereocenters. The van der Waals surface area contributed by atoms with Gasteiger partial charge in [0.2, 0.25) is 0 Å². The fraction of sp³-hybridized carbons (Fsp3) is 0.0714. The highest BCUT2D eigenvalue weighted by Crippen LogP contribution is 2.23. The summed E-state index contributed by atoms with van der Waals surface area (Å²) in [6, 6.07) is 27.4. The van der Waals surface area contributed by atoms with Crippen LogP contribution in [0.4, 0.5) is 0 Å². The molecule has 0 radical (unpaired) electrons. The van der Waals surface area contributed by atoms with E-state index in [2.05, 4.69) is 26.5 Å². The van der Waals surface area contributed by atoms with Crippen LogP contribution in [-0.4, -0.2) is 12.1 Å². The average Bonchev–Trinajstić information content (AvgIpc) is 2.88. The number of para-hydroxylation sites is 1. The van der Waals surface area contributed by atoms with Crippen molar-refractivity contribution < 1.29 is 14.3 Å². The van der Waals surface area contributed by atoms with Gasteiger partial charge in [0.15, 0.2) is 0 Å². The van der Waals surface area contributed by atoms with Crippen molar-refractivity contribution in [3.05, 3.63) is 128 Å². The number of halogens is 3. The zero-order chi connectivity index (χ0) is 25.3. The first-order valence-electron chi connectivity index (χ1n) is 10.9. The van der Waals surface area contributed by atoms with Crippen LogP contribution in [0, 0.1) is 0 Å². The number of hydrogen-bond donors (Lipinski definition) is 1. The normalized spacial score (nSPS) is 10.9. The highest BCUT2D eigenvalue weighted by Gasteiger charge is 2.07. The van der Waals surface area contributed by atoms with E-state index in [0.29, 0.717) is 33.7 Å². The molecule has 4 aromatic rings. The molecule has 0 bridgehead atoms. The smallest absolute Gasteiger partial charge is 0.271 e. The molecule has 1 amide bonds. The molecule has 0 saturated carbocycles. The van der Waals surface area contributed by atoms with Crippen LogP contribution in [0.2, 0.25) is 10.0 Å². The van der Waals surface area contributed by atoms with Crippen LogP contribution in [0.1, 0.15) is 27.0 Å². The fourth-order valence-corrected chi connectivity index (χ4v) is 4.14. The first kappa shape index (κ1) is 25.8. The lowest BCUT2D eigenvalue weighted by molar-refractivity contribution is 0.0955. The van der Waals surface area contributed by atoms with Gasteiger partial charge >= 0.3 is 0 Å². The number of hydrogen-bond acceptors (Lipinski definition) is 4. The Morgan fingerprint density at radius 3 is 2.47 bits per heavy atom. The van der Waals surface area contributed by atoms with Crippen molar-refractivity contribution in [2.24, 2.45) is 5.10 Å². The average molecular weight is 584 g/mol. The second-order valence-electron chi connectivity index (χ2n) is 7.70. The number of amides is 1. The molecule has 4 aromatic carbocycles. The Morgan fingerprint density at radius 2 is 1.69 bits per heavy atom. The molecule has 0 aliphatic heterocycles. The van der Waals surface area contributed by atoms with Crippen LogP contribution in [-0.2, 0) is 13.2 Å². The van der Waals surface area contributed by atoms with Crippen LogP contribution >= 0.6 is 39.1 Å². The van der Waals surface area contributed by atoms with Crippen LogP contribution in [0.15, 0.2) is 101 Å². The fourth-order valence-electron chi connectivity index (χ4n) is 3.23. The lowest BCUT2D eigenvalue weighted by Crippen LogP contribution is -2.17. The molecule has 4 rings (SSSR count). The maximum absolute atomic E-state index is 12.5. The van der Waals surface area contributed by atoms with Crippen molar-refractivity contribution in [2.75, 3.05) is 0 Å². The van der Waals surface area contributed by atoms with Gasteiger partial charge in [0.25, 0.3) is 5.91 Å². The molecular formula is C28H21BrCl2N2O3. The van der Waals surface area contributed by atoms with E-state index in [4.69, 9.17) is 32.7 Å². The van der Waals surface area contributed by atoms with Gasteiger partial charge in [0, 0.05) is 31.2 Å². The number of benzene rings is 4. The monoisotopic (exact) mass is 582 g/mol. The van der Waals surface area contributed by atoms with Gasteiger partial charge in [-0.15, -0.1) is 0 Å². The molecule has 0 aromatic heterocycles. The van der Waals surface area contributed by atoms with Crippen molar-refractivity contribution in [3.8, 4) is 11.5 Å². The van der Waals surface area contributed by atoms with Gasteiger partial charge < -0.3 is 9.47 Å². The predicted octanol–water partition coefficient (Wildman–Crippen LogP) is 7.68. The van der Waals surface area contributed by atoms with E-state index in [1.165, 1.54) is 0 Å². The Morgan fingerprint density at radius 1 is 0.889 bits per heavy atom. The Hall–Kier alpha value is -3.32. The number of nitrogens with zero attached hydrogens (tertiary/aromatic N) is 1. The molecule has 0 heterocycles. The minimum Gasteiger partial charge on any atom is -0.489 e. The minimum absolute atomic E-state index is 0.287. The molecule has 5 nitrogen and oxygen atoms in total. The van der Waals surface area contributed by atoms with Crippen LogP contribution < -0.4 is 14.9 Å². The third-order valence-electron chi connectivity index (χ3n) is 5.10. The van der Waals surface area contributed by atoms with Crippen molar-refractivity contribution >= 4 is 51.3 Å². The number of carbonyl (C=O) groups excluding carboxylic acids is 1. The summed E-state index contributed by atoms with van der Waals surface area (Å²) in [7, 11) is 0. The van der Waals surface area contributed by atoms with E-state index in [-0.39, 0.29) is 12.5 Å². The summed E-state index contributed by atoms with van der Waals surface area (Å²) in [4.78, 5) is 12.5. The zero-order valence-electron chi connectivity index (χ0n) is 19.0. The molecular weight excluding hydrogens is 563 g/mol. The van der Waals surface area contributed by atoms with Gasteiger partial charge in [0.05, 0.1) is 6.21 Å². The van der Waals surface area contributed by atoms with Crippen molar-refractivity contribution in [2.45, 2.75) is 13.2 Å². The number of carbonyl (C=O) groups is 1. The summed E-state index contributed by atoms with van der Waals surface area (Å²) >= 11 is 15.6. The molecule has 0 aliphatic rings. The lowest BCUT2D eigenvalue weighted by Gasteiger charge is -2.09. The summed E-state index contributed by atoms with van der Waals surface area (Å²) in [5.41, 5.74) is 5.59. The van der Waals surface area contributed by atoms with E-state index in [1.807, 2.05) is 54.6 Å². The molecule has 0 fully saturated rings. The summed E-state index contributed by atoms with van der Waals surface area (Å²) in [5, 5.41) is 5.20. The molecule has 1 N–H and O–H groups in total. The predicted molar refractivity (Wildman–Crippen MR) is 147 cm³/mol. The largest absolute Gasteiger partial charge is 0.489 e. The molecule has 36 heavy (non-hydrogen) atoms. The highest BCUT2D eigenvalue weighted by atomic mass is 79.9. The second kappa shape index (κ2) is 12.6. The van der Waals surface area contributed by atoms with Crippen LogP contribution in [0.25, 0.3) is 0 Å². The summed E-state index contributed by atoms with van der Waals surface area (Å²) < 4.78 is 12.7. The molecule has 182 valence electrons. The minimum atomic E-state index is -0.342. The van der Waals surface area contributed by atoms with E-state index < -0.39 is 0 Å². The Balaban J connectivity index is 1.31. The number of nitrogens with one attached hydrogen (secondary N) is 1. The maximum Gasteiger partial charge on any atom is 0.271 e. The number of hydrazone groups is 1. The van der Waals surface area contributed by atoms with E-state index in [1.54, 1.807) is 42.6 Å². The van der Waals surface area contributed by atoms with Crippen LogP contribution in [0.3, 0.4) is 0 Å². The Bertz CT molecular complexity index is 1380. The van der Waals surface area contributed by atoms with Gasteiger partial charge in [-0.25, -0.2) is 5.43 Å². The maximum atomic E-state index is 12.5. The topological polar surface area (TPSA) is 59.9 Å². The molecule has 8 heteroatoms. The summed E-state index contributed by atoms with van der Waals surface area (Å²) in [5.74, 6) is 0.932. The quantitative estimate of drug-likeness (QED) is 0.162. The van der Waals surface area contributed by atoms with Gasteiger partial charge in [0.1, 0.15) is 24.7 Å². The Labute approximate surface area is 227 Å². The number of rotatable bonds is 9. The van der Waals surface area contributed by atoms with Crippen molar-refractivity contribution in [1.82, 2.24) is 5.43 Å². The molecule has 0 saturated heterocycles. The van der Waals surface area contributed by atoms with Gasteiger partial charge in [-0.05, 0) is 66.2 Å². The number of ether oxygens (including phenoxy) is 2. The summed E-state index contributed by atoms with van der Waals surface area (Å²) in [6.45, 7) is 0.699. The molecule has 0 atom stereocenters. The van der Waals surface area contributed by atoms with Gasteiger partial charge in [-0.2, -0.15) is 5.10 Å². The first-order chi connectivity index (χ1) is 17.5. The third kappa shape index (κ3) is 7.34. The van der Waals surface area contributed by atoms with Crippen molar-refractivity contribution in [1.29, 1.82) is 0 Å². The van der Waals surface area contributed by atoms with Crippen molar-refractivity contribution in [3.63, 3.8) is 0 Å². The highest BCUT2D eigenvalue weighted by molar-refractivity contribution is 9.10. The zero-order valence-corrected chi connectivity index (χ0v) is 22.1. The standard InChI is InChI=1S/C28H21BrCl2N2O3/c29-23-6-3-4-19(14-23)17-36-27-7-2-1-5-21(27)16-32-33-28(34)20-9-12-25(13-10-20)35-18-22-8-11-24(30)15-26(22)31/h1-16H,17-18H2,(H,33,34)/b32-16+. The van der Waals surface area contributed by atoms with Crippen LogP contribution in [0.5, 0.6) is 11.5 Å². The van der Waals surface area contributed by atoms with E-state index in [0.717, 1.165) is 21.2 Å². The van der Waals surface area contributed by atoms with Gasteiger partial charge in [-0.1, -0.05) is 69.5 Å². The first-order valence-corrected chi connectivity index (χ1v) is 12.5.